The lowest BCUT2D eigenvalue weighted by Gasteiger charge is -2.28. The minimum atomic E-state index is -1.31. The van der Waals surface area contributed by atoms with Crippen molar-refractivity contribution < 1.29 is 14.1 Å². The van der Waals surface area contributed by atoms with Crippen LogP contribution in [-0.2, 0) is 16.9 Å². The highest BCUT2D eigenvalue weighted by atomic mass is 16.5. The lowest BCUT2D eigenvalue weighted by Crippen LogP contribution is -2.45. The van der Waals surface area contributed by atoms with Crippen LogP contribution in [0.1, 0.15) is 53.7 Å². The van der Waals surface area contributed by atoms with Crippen molar-refractivity contribution in [3.63, 3.8) is 0 Å². The minimum Gasteiger partial charge on any atom is -0.337 e. The Morgan fingerprint density at radius 1 is 1.03 bits per heavy atom. The van der Waals surface area contributed by atoms with Crippen molar-refractivity contribution in [1.82, 2.24) is 20.4 Å². The molecule has 1 aliphatic heterocycles. The van der Waals surface area contributed by atoms with Crippen molar-refractivity contribution in [3.8, 4) is 0 Å². The highest BCUT2D eigenvalue weighted by Crippen LogP contribution is 2.37. The van der Waals surface area contributed by atoms with E-state index >= 15 is 0 Å². The van der Waals surface area contributed by atoms with Crippen LogP contribution in [0.3, 0.4) is 0 Å². The molecular weight excluding hydrogens is 380 g/mol. The first-order valence-corrected chi connectivity index (χ1v) is 9.92. The van der Waals surface area contributed by atoms with Gasteiger partial charge in [0, 0.05) is 5.92 Å². The fraction of sp³-hybridized carbons (Fsp3) is 0.304. The molecule has 7 nitrogen and oxygen atoms in total. The number of nitrogens with zero attached hydrogens (tertiary/aromatic N) is 3. The summed E-state index contributed by atoms with van der Waals surface area (Å²) < 4.78 is 5.26. The normalized spacial score (nSPS) is 18.9. The number of carbonyl (C=O) groups is 2. The van der Waals surface area contributed by atoms with E-state index in [4.69, 9.17) is 4.52 Å². The van der Waals surface area contributed by atoms with Crippen LogP contribution in [0.15, 0.2) is 53.1 Å². The Balaban J connectivity index is 1.78. The molecule has 1 aliphatic rings. The average Bonchev–Trinajstić information content (AvgIpc) is 3.30. The second-order valence-corrected chi connectivity index (χ2v) is 7.94. The first kappa shape index (κ1) is 19.8. The number of rotatable bonds is 5. The molecule has 1 aromatic heterocycles. The second-order valence-electron chi connectivity index (χ2n) is 7.94. The van der Waals surface area contributed by atoms with Crippen molar-refractivity contribution in [2.24, 2.45) is 0 Å². The molecule has 7 heteroatoms. The summed E-state index contributed by atoms with van der Waals surface area (Å²) in [6, 6.07) is 14.6. The van der Waals surface area contributed by atoms with Gasteiger partial charge in [-0.05, 0) is 36.1 Å². The van der Waals surface area contributed by atoms with Gasteiger partial charge in [0.25, 0.3) is 5.91 Å². The predicted octanol–water partition coefficient (Wildman–Crippen LogP) is 3.81. The lowest BCUT2D eigenvalue weighted by atomic mass is 9.81. The molecular formula is C23H24N4O3. The van der Waals surface area contributed by atoms with Crippen molar-refractivity contribution >= 4 is 11.9 Å². The highest BCUT2D eigenvalue weighted by molar-refractivity contribution is 6.09. The van der Waals surface area contributed by atoms with Gasteiger partial charge in [-0.1, -0.05) is 67.5 Å². The Labute approximate surface area is 175 Å². The molecule has 1 saturated heterocycles. The molecule has 0 bridgehead atoms. The summed E-state index contributed by atoms with van der Waals surface area (Å²) in [5, 5.41) is 6.87. The molecule has 2 heterocycles. The number of amides is 3. The number of hydrogen-bond acceptors (Lipinski definition) is 5. The zero-order valence-electron chi connectivity index (χ0n) is 17.5. The van der Waals surface area contributed by atoms with Gasteiger partial charge in [-0.3, -0.25) is 9.69 Å². The van der Waals surface area contributed by atoms with Gasteiger partial charge in [0.15, 0.2) is 11.4 Å². The molecule has 1 atom stereocenters. The number of aromatic nitrogens is 2. The third kappa shape index (κ3) is 3.16. The summed E-state index contributed by atoms with van der Waals surface area (Å²) in [5.41, 5.74) is 2.26. The van der Waals surface area contributed by atoms with E-state index in [1.54, 1.807) is 0 Å². The average molecular weight is 404 g/mol. The van der Waals surface area contributed by atoms with E-state index in [0.29, 0.717) is 17.0 Å². The number of imide groups is 1. The van der Waals surface area contributed by atoms with E-state index in [-0.39, 0.29) is 24.3 Å². The zero-order valence-corrected chi connectivity index (χ0v) is 17.5. The molecule has 154 valence electrons. The first-order chi connectivity index (χ1) is 14.3. The number of nitrogens with one attached hydrogen (secondary N) is 1. The van der Waals surface area contributed by atoms with E-state index in [1.807, 2.05) is 76.2 Å². The third-order valence-corrected chi connectivity index (χ3v) is 5.55. The van der Waals surface area contributed by atoms with Crippen LogP contribution in [0, 0.1) is 13.8 Å². The van der Waals surface area contributed by atoms with Gasteiger partial charge in [0.1, 0.15) is 6.54 Å². The van der Waals surface area contributed by atoms with Gasteiger partial charge in [-0.25, -0.2) is 4.79 Å². The van der Waals surface area contributed by atoms with Crippen molar-refractivity contribution in [1.29, 1.82) is 0 Å². The SMILES string of the molecule is Cc1ccc([C@@]2(c3ccccc3)NC(=O)N(Cc3nc(C(C)C)no3)C2=O)cc1C. The van der Waals surface area contributed by atoms with Crippen LogP contribution in [0.5, 0.6) is 0 Å². The standard InChI is InChI=1S/C23H24N4O3/c1-14(2)20-24-19(30-26-20)13-27-21(28)23(25-22(27)29,17-8-6-5-7-9-17)18-11-10-15(3)16(4)12-18/h5-12,14H,13H2,1-4H3,(H,25,29)/t23-/m1/s1. The summed E-state index contributed by atoms with van der Waals surface area (Å²) in [6.07, 6.45) is 0. The molecule has 0 spiro atoms. The zero-order chi connectivity index (χ0) is 21.5. The smallest absolute Gasteiger partial charge is 0.326 e. The Morgan fingerprint density at radius 2 is 1.77 bits per heavy atom. The summed E-state index contributed by atoms with van der Waals surface area (Å²) in [4.78, 5) is 32.1. The molecule has 2 aromatic carbocycles. The monoisotopic (exact) mass is 404 g/mol. The lowest BCUT2D eigenvalue weighted by molar-refractivity contribution is -0.130. The maximum atomic E-state index is 13.7. The first-order valence-electron chi connectivity index (χ1n) is 9.92. The van der Waals surface area contributed by atoms with Gasteiger partial charge in [-0.15, -0.1) is 0 Å². The van der Waals surface area contributed by atoms with Crippen molar-refractivity contribution in [2.75, 3.05) is 0 Å². The summed E-state index contributed by atoms with van der Waals surface area (Å²) >= 11 is 0. The van der Waals surface area contributed by atoms with Gasteiger partial charge in [0.2, 0.25) is 5.89 Å². The van der Waals surface area contributed by atoms with Gasteiger partial charge >= 0.3 is 6.03 Å². The third-order valence-electron chi connectivity index (χ3n) is 5.55. The number of aryl methyl sites for hydroxylation is 2. The number of hydrogen-bond donors (Lipinski definition) is 1. The fourth-order valence-corrected chi connectivity index (χ4v) is 3.64. The minimum absolute atomic E-state index is 0.0795. The van der Waals surface area contributed by atoms with Gasteiger partial charge in [0.05, 0.1) is 0 Å². The molecule has 3 aromatic rings. The van der Waals surface area contributed by atoms with Crippen molar-refractivity contribution in [2.45, 2.75) is 45.7 Å². The van der Waals surface area contributed by atoms with Gasteiger partial charge < -0.3 is 9.84 Å². The largest absolute Gasteiger partial charge is 0.337 e. The second kappa shape index (κ2) is 7.40. The molecule has 1 N–H and O–H groups in total. The highest BCUT2D eigenvalue weighted by Gasteiger charge is 2.54. The molecule has 0 aliphatic carbocycles. The summed E-state index contributed by atoms with van der Waals surface area (Å²) in [7, 11) is 0. The molecule has 3 amide bonds. The summed E-state index contributed by atoms with van der Waals surface area (Å²) in [6.45, 7) is 7.81. The van der Waals surface area contributed by atoms with E-state index < -0.39 is 11.6 Å². The van der Waals surface area contributed by atoms with Crippen LogP contribution in [0.4, 0.5) is 4.79 Å². The van der Waals surface area contributed by atoms with Gasteiger partial charge in [-0.2, -0.15) is 4.98 Å². The Kier molecular flexibility index (Phi) is 4.89. The molecule has 4 rings (SSSR count). The number of benzene rings is 2. The molecule has 0 unspecified atom stereocenters. The maximum Gasteiger partial charge on any atom is 0.326 e. The maximum absolute atomic E-state index is 13.7. The summed E-state index contributed by atoms with van der Waals surface area (Å²) in [5.74, 6) is 0.488. The quantitative estimate of drug-likeness (QED) is 0.654. The van der Waals surface area contributed by atoms with Crippen LogP contribution >= 0.6 is 0 Å². The van der Waals surface area contributed by atoms with Crippen LogP contribution in [-0.4, -0.2) is 27.0 Å². The van der Waals surface area contributed by atoms with E-state index in [2.05, 4.69) is 15.5 Å². The fourth-order valence-electron chi connectivity index (χ4n) is 3.64. The molecule has 0 radical (unpaired) electrons. The van der Waals surface area contributed by atoms with Crippen LogP contribution in [0.25, 0.3) is 0 Å². The van der Waals surface area contributed by atoms with E-state index in [9.17, 15) is 9.59 Å². The van der Waals surface area contributed by atoms with Crippen molar-refractivity contribution in [3.05, 3.63) is 82.5 Å². The Bertz CT molecular complexity index is 1110. The molecule has 30 heavy (non-hydrogen) atoms. The Morgan fingerprint density at radius 3 is 2.40 bits per heavy atom. The van der Waals surface area contributed by atoms with E-state index in [1.165, 1.54) is 0 Å². The van der Waals surface area contributed by atoms with E-state index in [0.717, 1.165) is 16.0 Å². The Hall–Kier alpha value is -3.48. The topological polar surface area (TPSA) is 88.3 Å². The number of carbonyl (C=O) groups excluding carboxylic acids is 2. The predicted molar refractivity (Wildman–Crippen MR) is 111 cm³/mol. The van der Waals surface area contributed by atoms with Crippen LogP contribution < -0.4 is 5.32 Å². The molecule has 1 fully saturated rings. The van der Waals surface area contributed by atoms with Crippen LogP contribution in [0.2, 0.25) is 0 Å². The molecule has 0 saturated carbocycles. The number of urea groups is 1.